The fraction of sp³-hybridized carbons (Fsp3) is 0. The molecule has 4 rings (SSSR count). The van der Waals surface area contributed by atoms with Gasteiger partial charge >= 0.3 is 0 Å². The van der Waals surface area contributed by atoms with Crippen LogP contribution in [0.3, 0.4) is 0 Å². The average Bonchev–Trinajstić information content (AvgIpc) is 3.05. The van der Waals surface area contributed by atoms with E-state index < -0.39 is 0 Å². The number of ether oxygens (including phenoxy) is 1. The van der Waals surface area contributed by atoms with Crippen LogP contribution in [0.25, 0.3) is 17.1 Å². The Morgan fingerprint density at radius 1 is 0.880 bits per heavy atom. The van der Waals surface area contributed by atoms with Gasteiger partial charge in [-0.1, -0.05) is 18.2 Å². The highest BCUT2D eigenvalue weighted by atomic mass is 32.1. The summed E-state index contributed by atoms with van der Waals surface area (Å²) in [5, 5.41) is 7.17. The van der Waals surface area contributed by atoms with Crippen LogP contribution in [0, 0.1) is 4.77 Å². The van der Waals surface area contributed by atoms with Gasteiger partial charge < -0.3 is 4.74 Å². The Hall–Kier alpha value is -3.25. The minimum Gasteiger partial charge on any atom is -0.457 e. The van der Waals surface area contributed by atoms with Crippen LogP contribution in [0.4, 0.5) is 0 Å². The van der Waals surface area contributed by atoms with Gasteiger partial charge in [-0.3, -0.25) is 14.6 Å². The zero-order valence-corrected chi connectivity index (χ0v) is 14.0. The number of aromatic nitrogens is 4. The fourth-order valence-electron chi connectivity index (χ4n) is 2.51. The molecule has 0 aliphatic rings. The van der Waals surface area contributed by atoms with E-state index in [4.69, 9.17) is 17.0 Å². The number of hydrogen-bond donors (Lipinski definition) is 1. The number of para-hydroxylation sites is 1. The number of benzene rings is 2. The highest BCUT2D eigenvalue weighted by Crippen LogP contribution is 2.25. The van der Waals surface area contributed by atoms with Gasteiger partial charge in [0.05, 0.1) is 5.69 Å². The molecule has 0 fully saturated rings. The van der Waals surface area contributed by atoms with E-state index in [0.717, 1.165) is 28.6 Å². The van der Waals surface area contributed by atoms with Gasteiger partial charge in [0.15, 0.2) is 10.6 Å². The Morgan fingerprint density at radius 3 is 2.36 bits per heavy atom. The first-order chi connectivity index (χ1) is 12.3. The normalized spacial score (nSPS) is 10.6. The summed E-state index contributed by atoms with van der Waals surface area (Å²) in [5.74, 6) is 2.27. The van der Waals surface area contributed by atoms with Crippen LogP contribution in [0.1, 0.15) is 0 Å². The monoisotopic (exact) mass is 346 g/mol. The van der Waals surface area contributed by atoms with Crippen LogP contribution in [-0.4, -0.2) is 19.7 Å². The molecule has 6 heteroatoms. The van der Waals surface area contributed by atoms with Crippen LogP contribution in [0.2, 0.25) is 0 Å². The van der Waals surface area contributed by atoms with Crippen molar-refractivity contribution in [1.82, 2.24) is 19.7 Å². The summed E-state index contributed by atoms with van der Waals surface area (Å²) in [6.07, 6.45) is 3.49. The molecular formula is C19H14N4OS. The maximum atomic E-state index is 5.83. The number of hydrogen-bond acceptors (Lipinski definition) is 4. The van der Waals surface area contributed by atoms with Crippen LogP contribution in [0.5, 0.6) is 11.5 Å². The van der Waals surface area contributed by atoms with Gasteiger partial charge in [0.2, 0.25) is 0 Å². The summed E-state index contributed by atoms with van der Waals surface area (Å²) in [6, 6.07) is 21.2. The van der Waals surface area contributed by atoms with E-state index in [1.54, 1.807) is 12.4 Å². The fourth-order valence-corrected chi connectivity index (χ4v) is 2.75. The third-order valence-electron chi connectivity index (χ3n) is 3.67. The minimum atomic E-state index is 0.524. The number of nitrogens with one attached hydrogen (secondary N) is 1. The lowest BCUT2D eigenvalue weighted by Gasteiger charge is -2.09. The third-order valence-corrected chi connectivity index (χ3v) is 3.94. The van der Waals surface area contributed by atoms with Crippen molar-refractivity contribution in [3.05, 3.63) is 83.9 Å². The van der Waals surface area contributed by atoms with E-state index >= 15 is 0 Å². The smallest absolute Gasteiger partial charge is 0.200 e. The molecule has 1 N–H and O–H groups in total. The molecule has 0 saturated carbocycles. The predicted octanol–water partition coefficient (Wildman–Crippen LogP) is 4.78. The first-order valence-electron chi connectivity index (χ1n) is 7.72. The molecule has 122 valence electrons. The second-order valence-corrected chi connectivity index (χ2v) is 5.73. The summed E-state index contributed by atoms with van der Waals surface area (Å²) < 4.78 is 8.22. The van der Waals surface area contributed by atoms with Crippen molar-refractivity contribution in [3.63, 3.8) is 0 Å². The van der Waals surface area contributed by atoms with Crippen LogP contribution in [-0.2, 0) is 0 Å². The quantitative estimate of drug-likeness (QED) is 0.540. The van der Waals surface area contributed by atoms with E-state index in [9.17, 15) is 0 Å². The van der Waals surface area contributed by atoms with E-state index in [1.165, 1.54) is 0 Å². The Morgan fingerprint density at radius 2 is 1.64 bits per heavy atom. The van der Waals surface area contributed by atoms with Gasteiger partial charge in [-0.15, -0.1) is 0 Å². The molecule has 0 saturated heterocycles. The van der Waals surface area contributed by atoms with Crippen molar-refractivity contribution in [2.24, 2.45) is 0 Å². The molecule has 0 spiro atoms. The number of nitrogens with zero attached hydrogens (tertiary/aromatic N) is 3. The molecule has 0 aliphatic heterocycles. The van der Waals surface area contributed by atoms with E-state index in [-0.39, 0.29) is 0 Å². The van der Waals surface area contributed by atoms with Crippen LogP contribution >= 0.6 is 12.2 Å². The van der Waals surface area contributed by atoms with Crippen molar-refractivity contribution in [3.8, 4) is 28.6 Å². The number of pyridine rings is 1. The Balaban J connectivity index is 1.67. The van der Waals surface area contributed by atoms with Crippen LogP contribution in [0.15, 0.2) is 79.1 Å². The predicted molar refractivity (Wildman–Crippen MR) is 98.5 cm³/mol. The van der Waals surface area contributed by atoms with Crippen molar-refractivity contribution in [2.45, 2.75) is 0 Å². The molecule has 0 atom stereocenters. The molecule has 2 aromatic carbocycles. The first-order valence-corrected chi connectivity index (χ1v) is 8.13. The zero-order chi connectivity index (χ0) is 17.1. The molecule has 0 unspecified atom stereocenters. The van der Waals surface area contributed by atoms with Crippen LogP contribution < -0.4 is 4.74 Å². The molecule has 2 heterocycles. The number of aromatic amines is 1. The lowest BCUT2D eigenvalue weighted by atomic mass is 10.2. The lowest BCUT2D eigenvalue weighted by molar-refractivity contribution is 0.482. The average molecular weight is 346 g/mol. The largest absolute Gasteiger partial charge is 0.457 e. The molecule has 5 nitrogen and oxygen atoms in total. The summed E-state index contributed by atoms with van der Waals surface area (Å²) in [7, 11) is 0. The summed E-state index contributed by atoms with van der Waals surface area (Å²) in [5.41, 5.74) is 1.79. The van der Waals surface area contributed by atoms with E-state index in [1.807, 2.05) is 71.3 Å². The summed E-state index contributed by atoms with van der Waals surface area (Å²) in [6.45, 7) is 0. The highest BCUT2D eigenvalue weighted by molar-refractivity contribution is 7.71. The SMILES string of the molecule is S=c1[nH]nc(-c2cccnc2)n1-c1ccc(Oc2ccccc2)cc1. The summed E-state index contributed by atoms with van der Waals surface area (Å²) >= 11 is 5.39. The third kappa shape index (κ3) is 3.20. The molecule has 4 aromatic rings. The molecule has 0 radical (unpaired) electrons. The van der Waals surface area contributed by atoms with Gasteiger partial charge in [-0.2, -0.15) is 5.10 Å². The van der Waals surface area contributed by atoms with Crippen molar-refractivity contribution in [2.75, 3.05) is 0 Å². The Labute approximate surface area is 149 Å². The van der Waals surface area contributed by atoms with Gasteiger partial charge in [0, 0.05) is 18.0 Å². The molecule has 25 heavy (non-hydrogen) atoms. The van der Waals surface area contributed by atoms with E-state index in [0.29, 0.717) is 4.77 Å². The topological polar surface area (TPSA) is 55.7 Å². The second-order valence-electron chi connectivity index (χ2n) is 5.34. The van der Waals surface area contributed by atoms with Crippen molar-refractivity contribution < 1.29 is 4.74 Å². The van der Waals surface area contributed by atoms with Gasteiger partial charge in [0.1, 0.15) is 11.5 Å². The highest BCUT2D eigenvalue weighted by Gasteiger charge is 2.11. The molecule has 0 bridgehead atoms. The Bertz CT molecular complexity index is 1020. The molecule has 0 aliphatic carbocycles. The van der Waals surface area contributed by atoms with Crippen molar-refractivity contribution >= 4 is 12.2 Å². The van der Waals surface area contributed by atoms with Gasteiger partial charge in [0.25, 0.3) is 0 Å². The number of H-pyrrole nitrogens is 1. The molecule has 0 amide bonds. The van der Waals surface area contributed by atoms with Gasteiger partial charge in [-0.25, -0.2) is 0 Å². The maximum Gasteiger partial charge on any atom is 0.200 e. The zero-order valence-electron chi connectivity index (χ0n) is 13.2. The minimum absolute atomic E-state index is 0.524. The lowest BCUT2D eigenvalue weighted by Crippen LogP contribution is -1.98. The maximum absolute atomic E-state index is 5.83. The van der Waals surface area contributed by atoms with Gasteiger partial charge in [-0.05, 0) is 60.7 Å². The first kappa shape index (κ1) is 15.3. The van der Waals surface area contributed by atoms with E-state index in [2.05, 4.69) is 15.2 Å². The Kier molecular flexibility index (Phi) is 4.10. The standard InChI is InChI=1S/C19H14N4OS/c25-19-22-21-18(14-5-4-12-20-13-14)23(19)15-8-10-17(11-9-15)24-16-6-2-1-3-7-16/h1-13H,(H,22,25). The molecule has 2 aromatic heterocycles. The van der Waals surface area contributed by atoms with Crippen molar-refractivity contribution in [1.29, 1.82) is 0 Å². The second kappa shape index (κ2) is 6.70. The summed E-state index contributed by atoms with van der Waals surface area (Å²) in [4.78, 5) is 4.14. The molecular weight excluding hydrogens is 332 g/mol. The number of rotatable bonds is 4.